The Labute approximate surface area is 67.7 Å². The van der Waals surface area contributed by atoms with Gasteiger partial charge < -0.3 is 5.11 Å². The van der Waals surface area contributed by atoms with Crippen LogP contribution in [0.25, 0.3) is 0 Å². The first-order valence-corrected chi connectivity index (χ1v) is 3.23. The molecule has 0 spiro atoms. The predicted octanol–water partition coefficient (Wildman–Crippen LogP) is 2.22. The number of hydrogen-bond acceptors (Lipinski definition) is 1. The summed E-state index contributed by atoms with van der Waals surface area (Å²) < 4.78 is 35.5. The van der Waals surface area contributed by atoms with Crippen molar-refractivity contribution in [3.05, 3.63) is 11.6 Å². The van der Waals surface area contributed by atoms with Gasteiger partial charge >= 0.3 is 12.1 Å². The van der Waals surface area contributed by atoms with E-state index in [2.05, 4.69) is 0 Å². The second-order valence-corrected chi connectivity index (χ2v) is 2.49. The van der Waals surface area contributed by atoms with E-state index in [0.29, 0.717) is 6.08 Å². The minimum absolute atomic E-state index is 0.292. The summed E-state index contributed by atoms with van der Waals surface area (Å²) in [7, 11) is 0. The molecular weight excluding hydrogens is 173 g/mol. The molecule has 0 aliphatic rings. The topological polar surface area (TPSA) is 37.3 Å². The Morgan fingerprint density at radius 3 is 2.17 bits per heavy atom. The SMILES string of the molecule is CC(=CC(C)C(F)(F)F)C(=O)O. The van der Waals surface area contributed by atoms with Crippen LogP contribution in [0.2, 0.25) is 0 Å². The van der Waals surface area contributed by atoms with Gasteiger partial charge in [0.25, 0.3) is 0 Å². The van der Waals surface area contributed by atoms with Crippen molar-refractivity contribution >= 4 is 5.97 Å². The number of alkyl halides is 3. The monoisotopic (exact) mass is 182 g/mol. The summed E-state index contributed by atoms with van der Waals surface area (Å²) in [6.45, 7) is 2.04. The summed E-state index contributed by atoms with van der Waals surface area (Å²) in [5.74, 6) is -3.04. The number of carbonyl (C=O) groups is 1. The maximum Gasteiger partial charge on any atom is 0.394 e. The summed E-state index contributed by atoms with van der Waals surface area (Å²) in [5, 5.41) is 8.26. The number of rotatable bonds is 2. The van der Waals surface area contributed by atoms with Gasteiger partial charge in [-0.05, 0) is 6.92 Å². The van der Waals surface area contributed by atoms with E-state index in [1.807, 2.05) is 0 Å². The first-order valence-electron chi connectivity index (χ1n) is 3.23. The van der Waals surface area contributed by atoms with E-state index in [4.69, 9.17) is 5.11 Å². The molecule has 1 atom stereocenters. The highest BCUT2D eigenvalue weighted by Gasteiger charge is 2.34. The molecule has 0 aliphatic carbocycles. The predicted molar refractivity (Wildman–Crippen MR) is 36.6 cm³/mol. The highest BCUT2D eigenvalue weighted by atomic mass is 19.4. The maximum atomic E-state index is 11.8. The van der Waals surface area contributed by atoms with Gasteiger partial charge in [0.15, 0.2) is 0 Å². The summed E-state index contributed by atoms with van der Waals surface area (Å²) in [6, 6.07) is 0. The van der Waals surface area contributed by atoms with Crippen LogP contribution in [0.4, 0.5) is 13.2 Å². The van der Waals surface area contributed by atoms with E-state index in [1.54, 1.807) is 0 Å². The van der Waals surface area contributed by atoms with Gasteiger partial charge in [-0.1, -0.05) is 13.0 Å². The fourth-order valence-electron chi connectivity index (χ4n) is 0.541. The molecule has 0 radical (unpaired) electrons. The van der Waals surface area contributed by atoms with Gasteiger partial charge in [-0.2, -0.15) is 13.2 Å². The number of allylic oxidation sites excluding steroid dienone is 1. The Hall–Kier alpha value is -1.00. The molecule has 1 unspecified atom stereocenters. The quantitative estimate of drug-likeness (QED) is 0.665. The zero-order chi connectivity index (χ0) is 9.94. The molecule has 0 aliphatic heterocycles. The van der Waals surface area contributed by atoms with Crippen LogP contribution in [0.5, 0.6) is 0 Å². The minimum atomic E-state index is -4.36. The van der Waals surface area contributed by atoms with Crippen molar-refractivity contribution in [2.45, 2.75) is 20.0 Å². The average Bonchev–Trinajstić information content (AvgIpc) is 1.85. The van der Waals surface area contributed by atoms with Crippen LogP contribution in [-0.2, 0) is 4.79 Å². The summed E-state index contributed by atoms with van der Waals surface area (Å²) in [4.78, 5) is 10.1. The molecule has 0 aromatic rings. The molecule has 0 aromatic carbocycles. The van der Waals surface area contributed by atoms with Crippen molar-refractivity contribution < 1.29 is 23.1 Å². The van der Waals surface area contributed by atoms with Crippen LogP contribution in [-0.4, -0.2) is 17.3 Å². The van der Waals surface area contributed by atoms with Crippen molar-refractivity contribution in [1.82, 2.24) is 0 Å². The van der Waals surface area contributed by atoms with Crippen molar-refractivity contribution in [2.75, 3.05) is 0 Å². The second kappa shape index (κ2) is 3.60. The Kier molecular flexibility index (Phi) is 3.30. The van der Waals surface area contributed by atoms with Gasteiger partial charge in [0.05, 0.1) is 5.92 Å². The molecule has 0 saturated carbocycles. The molecule has 0 heterocycles. The lowest BCUT2D eigenvalue weighted by molar-refractivity contribution is -0.156. The zero-order valence-corrected chi connectivity index (χ0v) is 6.64. The molecule has 0 fully saturated rings. The largest absolute Gasteiger partial charge is 0.478 e. The Bertz CT molecular complexity index is 205. The number of aliphatic carboxylic acids is 1. The van der Waals surface area contributed by atoms with Crippen molar-refractivity contribution in [3.8, 4) is 0 Å². The van der Waals surface area contributed by atoms with Gasteiger partial charge in [-0.25, -0.2) is 4.79 Å². The van der Waals surface area contributed by atoms with Crippen LogP contribution >= 0.6 is 0 Å². The fraction of sp³-hybridized carbons (Fsp3) is 0.571. The molecule has 0 saturated heterocycles. The highest BCUT2D eigenvalue weighted by molar-refractivity contribution is 5.85. The number of carboxylic acids is 1. The van der Waals surface area contributed by atoms with Crippen molar-refractivity contribution in [2.24, 2.45) is 5.92 Å². The molecule has 0 rings (SSSR count). The van der Waals surface area contributed by atoms with Gasteiger partial charge in [-0.3, -0.25) is 0 Å². The molecule has 0 bridgehead atoms. The van der Waals surface area contributed by atoms with E-state index in [-0.39, 0.29) is 5.57 Å². The smallest absolute Gasteiger partial charge is 0.394 e. The van der Waals surface area contributed by atoms with Crippen LogP contribution in [0.1, 0.15) is 13.8 Å². The minimum Gasteiger partial charge on any atom is -0.478 e. The normalized spacial score (nSPS) is 15.9. The second-order valence-electron chi connectivity index (χ2n) is 2.49. The average molecular weight is 182 g/mol. The molecular formula is C7H9F3O2. The third-order valence-corrected chi connectivity index (χ3v) is 1.35. The van der Waals surface area contributed by atoms with Gasteiger partial charge in [0.1, 0.15) is 0 Å². The Morgan fingerprint density at radius 1 is 1.50 bits per heavy atom. The molecule has 1 N–H and O–H groups in total. The lowest BCUT2D eigenvalue weighted by Crippen LogP contribution is -2.18. The summed E-state index contributed by atoms with van der Waals surface area (Å²) in [6.07, 6.45) is -3.68. The molecule has 0 amide bonds. The number of hydrogen-bond donors (Lipinski definition) is 1. The molecule has 70 valence electrons. The molecule has 5 heteroatoms. The third kappa shape index (κ3) is 3.41. The van der Waals surface area contributed by atoms with E-state index in [1.165, 1.54) is 0 Å². The van der Waals surface area contributed by atoms with E-state index in [9.17, 15) is 18.0 Å². The van der Waals surface area contributed by atoms with Gasteiger partial charge in [0, 0.05) is 5.57 Å². The third-order valence-electron chi connectivity index (χ3n) is 1.35. The van der Waals surface area contributed by atoms with Crippen molar-refractivity contribution in [3.63, 3.8) is 0 Å². The van der Waals surface area contributed by atoms with Crippen LogP contribution in [0.15, 0.2) is 11.6 Å². The molecule has 12 heavy (non-hydrogen) atoms. The fourth-order valence-corrected chi connectivity index (χ4v) is 0.541. The number of carboxylic acid groups (broad SMARTS) is 1. The summed E-state index contributed by atoms with van der Waals surface area (Å²) in [5.41, 5.74) is -0.292. The summed E-state index contributed by atoms with van der Waals surface area (Å²) >= 11 is 0. The molecule has 2 nitrogen and oxygen atoms in total. The first-order chi connectivity index (χ1) is 5.25. The van der Waals surface area contributed by atoms with Crippen molar-refractivity contribution in [1.29, 1.82) is 0 Å². The maximum absolute atomic E-state index is 11.8. The lowest BCUT2D eigenvalue weighted by Gasteiger charge is -2.11. The standard InChI is InChI=1S/C7H9F3O2/c1-4(6(11)12)3-5(2)7(8,9)10/h3,5H,1-2H3,(H,11,12). The molecule has 0 aromatic heterocycles. The van der Waals surface area contributed by atoms with E-state index >= 15 is 0 Å². The van der Waals surface area contributed by atoms with Crippen LogP contribution < -0.4 is 0 Å². The lowest BCUT2D eigenvalue weighted by atomic mass is 10.1. The van der Waals surface area contributed by atoms with E-state index in [0.717, 1.165) is 13.8 Å². The zero-order valence-electron chi connectivity index (χ0n) is 6.64. The van der Waals surface area contributed by atoms with E-state index < -0.39 is 18.1 Å². The van der Waals surface area contributed by atoms with Crippen LogP contribution in [0.3, 0.4) is 0 Å². The van der Waals surface area contributed by atoms with Gasteiger partial charge in [0.2, 0.25) is 0 Å². The number of halogens is 3. The van der Waals surface area contributed by atoms with Gasteiger partial charge in [-0.15, -0.1) is 0 Å². The first kappa shape index (κ1) is 11.0. The Morgan fingerprint density at radius 2 is 1.92 bits per heavy atom. The Balaban J connectivity index is 4.44. The highest BCUT2D eigenvalue weighted by Crippen LogP contribution is 2.27. The van der Waals surface area contributed by atoms with Crippen LogP contribution in [0, 0.1) is 5.92 Å².